The number of rotatable bonds is 5. The van der Waals surface area contributed by atoms with E-state index in [0.29, 0.717) is 17.1 Å². The highest BCUT2D eigenvalue weighted by atomic mass is 32.2. The van der Waals surface area contributed by atoms with Gasteiger partial charge in [0.15, 0.2) is 5.82 Å². The van der Waals surface area contributed by atoms with Gasteiger partial charge in [0.05, 0.1) is 5.03 Å². The number of anilines is 1. The number of pyridine rings is 2. The van der Waals surface area contributed by atoms with Gasteiger partial charge in [0.2, 0.25) is 5.95 Å². The van der Waals surface area contributed by atoms with Crippen LogP contribution in [0.4, 0.5) is 5.95 Å². The molecular formula is C15H14N6OS. The van der Waals surface area contributed by atoms with Crippen LogP contribution >= 0.6 is 11.8 Å². The van der Waals surface area contributed by atoms with Gasteiger partial charge in [0, 0.05) is 18.0 Å². The largest absolute Gasteiger partial charge is 0.289 e. The molecule has 2 N–H and O–H groups in total. The molecule has 0 saturated heterocycles. The molecule has 3 aromatic rings. The van der Waals surface area contributed by atoms with Crippen LogP contribution in [0, 0.1) is 0 Å². The highest BCUT2D eigenvalue weighted by Crippen LogP contribution is 2.17. The second-order valence-corrected chi connectivity index (χ2v) is 5.78. The molecule has 0 aromatic carbocycles. The lowest BCUT2D eigenvalue weighted by atomic mass is 10.2. The van der Waals surface area contributed by atoms with Gasteiger partial charge in [-0.05, 0) is 30.0 Å². The predicted molar refractivity (Wildman–Crippen MR) is 88.2 cm³/mol. The molecule has 0 aliphatic rings. The van der Waals surface area contributed by atoms with E-state index in [-0.39, 0.29) is 11.9 Å². The summed E-state index contributed by atoms with van der Waals surface area (Å²) in [6.45, 7) is 2.03. The number of nitrogens with zero attached hydrogens (tertiary/aromatic N) is 4. The quantitative estimate of drug-likeness (QED) is 0.700. The molecule has 8 heteroatoms. The molecule has 0 unspecified atom stereocenters. The van der Waals surface area contributed by atoms with E-state index in [1.807, 2.05) is 25.1 Å². The minimum atomic E-state index is -0.281. The Balaban J connectivity index is 1.73. The number of aromatic amines is 1. The molecule has 0 spiro atoms. The summed E-state index contributed by atoms with van der Waals surface area (Å²) in [6.07, 6.45) is 3.28. The van der Waals surface area contributed by atoms with Crippen LogP contribution in [-0.4, -0.2) is 36.8 Å². The van der Waals surface area contributed by atoms with Crippen molar-refractivity contribution in [3.63, 3.8) is 0 Å². The van der Waals surface area contributed by atoms with Crippen LogP contribution < -0.4 is 5.32 Å². The Morgan fingerprint density at radius 1 is 1.26 bits per heavy atom. The van der Waals surface area contributed by atoms with Crippen molar-refractivity contribution in [1.82, 2.24) is 25.1 Å². The molecule has 1 amide bonds. The average Bonchev–Trinajstić information content (AvgIpc) is 3.05. The topological polar surface area (TPSA) is 96.5 Å². The van der Waals surface area contributed by atoms with Gasteiger partial charge in [-0.25, -0.2) is 4.98 Å². The molecule has 0 aliphatic heterocycles. The van der Waals surface area contributed by atoms with Crippen molar-refractivity contribution >= 4 is 23.6 Å². The van der Waals surface area contributed by atoms with Gasteiger partial charge >= 0.3 is 0 Å². The molecule has 116 valence electrons. The zero-order valence-corrected chi connectivity index (χ0v) is 13.2. The van der Waals surface area contributed by atoms with Gasteiger partial charge < -0.3 is 0 Å². The minimum absolute atomic E-state index is 0.206. The molecule has 0 aliphatic carbocycles. The summed E-state index contributed by atoms with van der Waals surface area (Å²) in [5.74, 6) is 1.32. The fourth-order valence-corrected chi connectivity index (χ4v) is 2.53. The Labute approximate surface area is 137 Å². The number of amides is 1. The molecule has 23 heavy (non-hydrogen) atoms. The van der Waals surface area contributed by atoms with Crippen LogP contribution in [0.5, 0.6) is 0 Å². The normalized spacial score (nSPS) is 10.5. The summed E-state index contributed by atoms with van der Waals surface area (Å²) in [7, 11) is 0. The van der Waals surface area contributed by atoms with Crippen molar-refractivity contribution in [3.05, 3.63) is 48.3 Å². The first kappa shape index (κ1) is 15.2. The van der Waals surface area contributed by atoms with Crippen molar-refractivity contribution in [1.29, 1.82) is 0 Å². The first-order valence-corrected chi connectivity index (χ1v) is 7.99. The third-order valence-electron chi connectivity index (χ3n) is 2.91. The lowest BCUT2D eigenvalue weighted by molar-refractivity contribution is 0.102. The van der Waals surface area contributed by atoms with Crippen LogP contribution in [0.3, 0.4) is 0 Å². The van der Waals surface area contributed by atoms with E-state index in [0.717, 1.165) is 10.8 Å². The molecule has 7 nitrogen and oxygen atoms in total. The molecule has 3 rings (SSSR count). The molecule has 0 bridgehead atoms. The van der Waals surface area contributed by atoms with E-state index in [1.54, 1.807) is 36.3 Å². The van der Waals surface area contributed by atoms with Crippen LogP contribution in [0.1, 0.15) is 17.3 Å². The first-order valence-electron chi connectivity index (χ1n) is 7.00. The van der Waals surface area contributed by atoms with Crippen LogP contribution in [0.15, 0.2) is 47.8 Å². The van der Waals surface area contributed by atoms with Crippen molar-refractivity contribution < 1.29 is 4.79 Å². The Bertz CT molecular complexity index is 804. The standard InChI is InChI=1S/C15H14N6OS/c1-2-23-12-9-10(6-8-17-12)14(22)19-15-18-13(20-21-15)11-5-3-4-7-16-11/h3-9H,2H2,1H3,(H2,18,19,20,21,22). The van der Waals surface area contributed by atoms with Crippen molar-refractivity contribution in [2.45, 2.75) is 11.9 Å². The van der Waals surface area contributed by atoms with E-state index < -0.39 is 0 Å². The van der Waals surface area contributed by atoms with Crippen molar-refractivity contribution in [2.24, 2.45) is 0 Å². The maximum atomic E-state index is 12.3. The summed E-state index contributed by atoms with van der Waals surface area (Å²) in [4.78, 5) is 24.9. The summed E-state index contributed by atoms with van der Waals surface area (Å²) >= 11 is 1.58. The van der Waals surface area contributed by atoms with E-state index >= 15 is 0 Å². The van der Waals surface area contributed by atoms with Crippen LogP contribution in [-0.2, 0) is 0 Å². The smallest absolute Gasteiger partial charge is 0.258 e. The number of carbonyl (C=O) groups excluding carboxylic acids is 1. The molecule has 0 fully saturated rings. The first-order chi connectivity index (χ1) is 11.3. The minimum Gasteiger partial charge on any atom is -0.289 e. The Morgan fingerprint density at radius 2 is 2.17 bits per heavy atom. The highest BCUT2D eigenvalue weighted by molar-refractivity contribution is 7.99. The van der Waals surface area contributed by atoms with Gasteiger partial charge in [-0.2, -0.15) is 4.98 Å². The number of nitrogens with one attached hydrogen (secondary N) is 2. The van der Waals surface area contributed by atoms with E-state index in [2.05, 4.69) is 30.5 Å². The zero-order valence-electron chi connectivity index (χ0n) is 12.4. The second kappa shape index (κ2) is 7.01. The Morgan fingerprint density at radius 3 is 2.96 bits per heavy atom. The lowest BCUT2D eigenvalue weighted by Crippen LogP contribution is -2.13. The van der Waals surface area contributed by atoms with Crippen LogP contribution in [0.2, 0.25) is 0 Å². The Hall–Kier alpha value is -2.74. The number of hydrogen-bond donors (Lipinski definition) is 2. The summed E-state index contributed by atoms with van der Waals surface area (Å²) in [5, 5.41) is 10.2. The van der Waals surface area contributed by atoms with Gasteiger partial charge in [-0.1, -0.05) is 13.0 Å². The molecule has 0 saturated carbocycles. The van der Waals surface area contributed by atoms with Crippen molar-refractivity contribution in [2.75, 3.05) is 11.1 Å². The molecule has 0 radical (unpaired) electrons. The maximum absolute atomic E-state index is 12.3. The van der Waals surface area contributed by atoms with Gasteiger partial charge in [0.1, 0.15) is 5.69 Å². The molecule has 0 atom stereocenters. The van der Waals surface area contributed by atoms with Crippen molar-refractivity contribution in [3.8, 4) is 11.5 Å². The highest BCUT2D eigenvalue weighted by Gasteiger charge is 2.12. The van der Waals surface area contributed by atoms with Gasteiger partial charge in [-0.3, -0.25) is 20.2 Å². The number of hydrogen-bond acceptors (Lipinski definition) is 6. The number of carbonyl (C=O) groups is 1. The lowest BCUT2D eigenvalue weighted by Gasteiger charge is -2.02. The molecule has 3 heterocycles. The second-order valence-electron chi connectivity index (χ2n) is 4.49. The van der Waals surface area contributed by atoms with Gasteiger partial charge in [0.25, 0.3) is 5.91 Å². The van der Waals surface area contributed by atoms with E-state index in [4.69, 9.17) is 0 Å². The third-order valence-corrected chi connectivity index (χ3v) is 3.72. The maximum Gasteiger partial charge on any atom is 0.258 e. The zero-order chi connectivity index (χ0) is 16.1. The number of aromatic nitrogens is 5. The van der Waals surface area contributed by atoms with Gasteiger partial charge in [-0.15, -0.1) is 16.9 Å². The Kier molecular flexibility index (Phi) is 4.62. The van der Waals surface area contributed by atoms with Crippen LogP contribution in [0.25, 0.3) is 11.5 Å². The number of thioether (sulfide) groups is 1. The molecule has 3 aromatic heterocycles. The predicted octanol–water partition coefficient (Wildman–Crippen LogP) is 2.63. The SMILES string of the molecule is CCSc1cc(C(=O)Nc2n[nH]c(-c3ccccn3)n2)ccn1. The van der Waals surface area contributed by atoms with E-state index in [9.17, 15) is 4.79 Å². The summed E-state index contributed by atoms with van der Waals surface area (Å²) < 4.78 is 0. The number of H-pyrrole nitrogens is 1. The third kappa shape index (κ3) is 3.72. The van der Waals surface area contributed by atoms with E-state index in [1.165, 1.54) is 0 Å². The fourth-order valence-electron chi connectivity index (χ4n) is 1.89. The summed E-state index contributed by atoms with van der Waals surface area (Å²) in [5.41, 5.74) is 1.17. The monoisotopic (exact) mass is 326 g/mol. The molecular weight excluding hydrogens is 312 g/mol. The fraction of sp³-hybridized carbons (Fsp3) is 0.133. The summed E-state index contributed by atoms with van der Waals surface area (Å²) in [6, 6.07) is 8.88. The average molecular weight is 326 g/mol.